The summed E-state index contributed by atoms with van der Waals surface area (Å²) in [6.07, 6.45) is -0.133. The predicted molar refractivity (Wildman–Crippen MR) is 78.2 cm³/mol. The van der Waals surface area contributed by atoms with Crippen molar-refractivity contribution in [3.05, 3.63) is 11.9 Å². The van der Waals surface area contributed by atoms with Crippen molar-refractivity contribution in [2.24, 2.45) is 0 Å². The molecule has 11 nitrogen and oxygen atoms in total. The largest absolute Gasteiger partial charge is 0.465 e. The summed E-state index contributed by atoms with van der Waals surface area (Å²) in [7, 11) is 0. The second-order valence-electron chi connectivity index (χ2n) is 5.40. The highest BCUT2D eigenvalue weighted by atomic mass is 16.5. The number of carbonyl (C=O) groups is 3. The maximum absolute atomic E-state index is 11.3. The van der Waals surface area contributed by atoms with Crippen molar-refractivity contribution in [1.29, 1.82) is 0 Å². The minimum absolute atomic E-state index is 0.0206. The number of ether oxygens (including phenoxy) is 1. The number of esters is 1. The summed E-state index contributed by atoms with van der Waals surface area (Å²) in [6, 6.07) is -0.450. The zero-order valence-corrected chi connectivity index (χ0v) is 13.2. The van der Waals surface area contributed by atoms with E-state index in [0.29, 0.717) is 18.7 Å². The van der Waals surface area contributed by atoms with Gasteiger partial charge in [-0.2, -0.15) is 0 Å². The van der Waals surface area contributed by atoms with Gasteiger partial charge in [-0.3, -0.25) is 9.48 Å². The molecule has 2 N–H and O–H groups in total. The average molecular weight is 341 g/mol. The average Bonchev–Trinajstić information content (AvgIpc) is 2.98. The zero-order valence-electron chi connectivity index (χ0n) is 13.2. The van der Waals surface area contributed by atoms with Crippen LogP contribution in [0.25, 0.3) is 0 Å². The van der Waals surface area contributed by atoms with Crippen molar-refractivity contribution in [3.63, 3.8) is 0 Å². The van der Waals surface area contributed by atoms with Crippen LogP contribution in [0.3, 0.4) is 0 Å². The van der Waals surface area contributed by atoms with Gasteiger partial charge in [-0.1, -0.05) is 5.21 Å². The molecule has 0 unspecified atom stereocenters. The summed E-state index contributed by atoms with van der Waals surface area (Å²) >= 11 is 0. The summed E-state index contributed by atoms with van der Waals surface area (Å²) in [6.45, 7) is 2.11. The van der Waals surface area contributed by atoms with Crippen LogP contribution < -0.4 is 0 Å². The van der Waals surface area contributed by atoms with Crippen LogP contribution >= 0.6 is 0 Å². The molecule has 0 saturated carbocycles. The van der Waals surface area contributed by atoms with E-state index in [1.54, 1.807) is 6.20 Å². The smallest absolute Gasteiger partial charge is 0.407 e. The molecular formula is C13H19N5O6. The Hall–Kier alpha value is -2.85. The Balaban J connectivity index is 1.93. The first-order valence-electron chi connectivity index (χ1n) is 7.36. The van der Waals surface area contributed by atoms with E-state index in [2.05, 4.69) is 10.3 Å². The molecule has 1 aromatic rings. The molecule has 0 bridgehead atoms. The van der Waals surface area contributed by atoms with E-state index in [0.717, 1.165) is 0 Å². The second-order valence-corrected chi connectivity index (χ2v) is 5.40. The van der Waals surface area contributed by atoms with Crippen LogP contribution in [-0.2, 0) is 22.7 Å². The third kappa shape index (κ3) is 4.57. The minimum atomic E-state index is -1.07. The van der Waals surface area contributed by atoms with Crippen LogP contribution in [0.15, 0.2) is 6.20 Å². The summed E-state index contributed by atoms with van der Waals surface area (Å²) in [4.78, 5) is 35.6. The third-order valence-electron chi connectivity index (χ3n) is 3.70. The van der Waals surface area contributed by atoms with Crippen molar-refractivity contribution in [3.8, 4) is 0 Å². The number of aryl methyl sites for hydroxylation is 1. The molecule has 2 heterocycles. The Morgan fingerprint density at radius 3 is 2.67 bits per heavy atom. The lowest BCUT2D eigenvalue weighted by atomic mass is 10.1. The Morgan fingerprint density at radius 1 is 1.29 bits per heavy atom. The van der Waals surface area contributed by atoms with Crippen molar-refractivity contribution in [1.82, 2.24) is 24.8 Å². The van der Waals surface area contributed by atoms with E-state index in [1.165, 1.54) is 21.4 Å². The van der Waals surface area contributed by atoms with Gasteiger partial charge in [0.1, 0.15) is 12.3 Å². The van der Waals surface area contributed by atoms with Gasteiger partial charge in [-0.25, -0.2) is 9.59 Å². The molecule has 1 aliphatic heterocycles. The molecule has 1 fully saturated rings. The Bertz CT molecular complexity index is 618. The Morgan fingerprint density at radius 2 is 2.04 bits per heavy atom. The van der Waals surface area contributed by atoms with Gasteiger partial charge in [0.05, 0.1) is 12.2 Å². The molecule has 132 valence electrons. The standard InChI is InChI=1S/C13H19N5O6/c1-9(19)24-8-10-6-17(15-14-10)3-2-11-7-16(12(20)21)4-5-18(11)13(22)23/h6,11H,2-5,7-8H2,1H3,(H,20,21)(H,22,23)/t11-/m1/s1. The molecule has 1 aliphatic rings. The molecule has 2 rings (SSSR count). The second kappa shape index (κ2) is 7.62. The number of amides is 2. The molecule has 24 heavy (non-hydrogen) atoms. The predicted octanol–water partition coefficient (Wildman–Crippen LogP) is 0.0735. The first kappa shape index (κ1) is 17.5. The van der Waals surface area contributed by atoms with Crippen LogP contribution in [0, 0.1) is 0 Å². The van der Waals surface area contributed by atoms with Crippen LogP contribution in [0.4, 0.5) is 9.59 Å². The van der Waals surface area contributed by atoms with Gasteiger partial charge in [-0.05, 0) is 6.42 Å². The number of aromatic nitrogens is 3. The maximum atomic E-state index is 11.3. The number of carboxylic acid groups (broad SMARTS) is 2. The number of piperazine rings is 1. The number of nitrogens with zero attached hydrogens (tertiary/aromatic N) is 5. The molecule has 0 aliphatic carbocycles. The lowest BCUT2D eigenvalue weighted by Gasteiger charge is -2.38. The van der Waals surface area contributed by atoms with Gasteiger partial charge in [0.15, 0.2) is 0 Å². The van der Waals surface area contributed by atoms with E-state index in [1.807, 2.05) is 0 Å². The first-order valence-corrected chi connectivity index (χ1v) is 7.36. The molecular weight excluding hydrogens is 322 g/mol. The van der Waals surface area contributed by atoms with Gasteiger partial charge in [0.2, 0.25) is 0 Å². The number of rotatable bonds is 5. The number of hydrogen-bond acceptors (Lipinski definition) is 6. The monoisotopic (exact) mass is 341 g/mol. The fourth-order valence-corrected chi connectivity index (χ4v) is 2.50. The van der Waals surface area contributed by atoms with Gasteiger partial charge in [-0.15, -0.1) is 5.10 Å². The fraction of sp³-hybridized carbons (Fsp3) is 0.615. The van der Waals surface area contributed by atoms with Gasteiger partial charge in [0, 0.05) is 33.1 Å². The SMILES string of the molecule is CC(=O)OCc1cn(CC[C@@H]2CN(C(=O)O)CCN2C(=O)O)nn1. The van der Waals surface area contributed by atoms with Gasteiger partial charge in [0.25, 0.3) is 0 Å². The fourth-order valence-electron chi connectivity index (χ4n) is 2.50. The van der Waals surface area contributed by atoms with Crippen molar-refractivity contribution in [2.45, 2.75) is 32.5 Å². The molecule has 2 amide bonds. The minimum Gasteiger partial charge on any atom is -0.465 e. The van der Waals surface area contributed by atoms with E-state index >= 15 is 0 Å². The van der Waals surface area contributed by atoms with E-state index in [4.69, 9.17) is 9.84 Å². The highest BCUT2D eigenvalue weighted by molar-refractivity contribution is 5.68. The molecule has 0 aromatic carbocycles. The van der Waals surface area contributed by atoms with Crippen LogP contribution in [-0.4, -0.2) is 78.8 Å². The lowest BCUT2D eigenvalue weighted by Crippen LogP contribution is -2.56. The highest BCUT2D eigenvalue weighted by Crippen LogP contribution is 2.14. The molecule has 0 radical (unpaired) electrons. The Kier molecular flexibility index (Phi) is 5.55. The lowest BCUT2D eigenvalue weighted by molar-refractivity contribution is -0.142. The van der Waals surface area contributed by atoms with Crippen LogP contribution in [0.1, 0.15) is 19.0 Å². The summed E-state index contributed by atoms with van der Waals surface area (Å²) < 4.78 is 6.32. The van der Waals surface area contributed by atoms with E-state index in [-0.39, 0.29) is 26.2 Å². The molecule has 1 aromatic heterocycles. The van der Waals surface area contributed by atoms with Gasteiger partial charge < -0.3 is 24.7 Å². The molecule has 1 atom stereocenters. The molecule has 11 heteroatoms. The number of hydrogen-bond donors (Lipinski definition) is 2. The van der Waals surface area contributed by atoms with E-state index < -0.39 is 24.2 Å². The van der Waals surface area contributed by atoms with Crippen molar-refractivity contribution >= 4 is 18.2 Å². The highest BCUT2D eigenvalue weighted by Gasteiger charge is 2.32. The third-order valence-corrected chi connectivity index (χ3v) is 3.70. The summed E-state index contributed by atoms with van der Waals surface area (Å²) in [5.74, 6) is -0.419. The summed E-state index contributed by atoms with van der Waals surface area (Å²) in [5, 5.41) is 26.0. The maximum Gasteiger partial charge on any atom is 0.407 e. The van der Waals surface area contributed by atoms with Crippen molar-refractivity contribution in [2.75, 3.05) is 19.6 Å². The quantitative estimate of drug-likeness (QED) is 0.718. The van der Waals surface area contributed by atoms with Crippen LogP contribution in [0.2, 0.25) is 0 Å². The topological polar surface area (TPSA) is 138 Å². The molecule has 0 spiro atoms. The number of carbonyl (C=O) groups excluding carboxylic acids is 1. The van der Waals surface area contributed by atoms with Crippen LogP contribution in [0.5, 0.6) is 0 Å². The molecule has 1 saturated heterocycles. The summed E-state index contributed by atoms with van der Waals surface area (Å²) in [5.41, 5.74) is 0.482. The van der Waals surface area contributed by atoms with Crippen molar-refractivity contribution < 1.29 is 29.3 Å². The van der Waals surface area contributed by atoms with Gasteiger partial charge >= 0.3 is 18.2 Å². The normalized spacial score (nSPS) is 17.6. The zero-order chi connectivity index (χ0) is 17.7. The first-order chi connectivity index (χ1) is 11.4. The van der Waals surface area contributed by atoms with E-state index in [9.17, 15) is 19.5 Å². The Labute approximate surface area is 137 Å².